The van der Waals surface area contributed by atoms with E-state index in [0.29, 0.717) is 6.42 Å². The molecule has 0 spiro atoms. The Bertz CT molecular complexity index is 616. The summed E-state index contributed by atoms with van der Waals surface area (Å²) in [6.07, 6.45) is -3.85. The summed E-state index contributed by atoms with van der Waals surface area (Å²) in [6, 6.07) is 0.254. The van der Waals surface area contributed by atoms with Crippen LogP contribution in [0.4, 0.5) is 13.2 Å². The molecule has 0 aliphatic carbocycles. The van der Waals surface area contributed by atoms with Crippen LogP contribution in [0.2, 0.25) is 0 Å². The average molecular weight is 326 g/mol. The molecular weight excluding hydrogens is 313 g/mol. The molecule has 0 amide bonds. The second-order valence-corrected chi connectivity index (χ2v) is 5.83. The maximum absolute atomic E-state index is 12.8. The minimum atomic E-state index is -4.96. The van der Waals surface area contributed by atoms with Crippen molar-refractivity contribution in [1.82, 2.24) is 9.71 Å². The highest BCUT2D eigenvalue weighted by Crippen LogP contribution is 2.32. The van der Waals surface area contributed by atoms with Gasteiger partial charge in [0.25, 0.3) is 0 Å². The highest BCUT2D eigenvalue weighted by Gasteiger charge is 2.39. The number of halogens is 3. The number of hydrogen-bond acceptors (Lipinski definition) is 4. The Kier molecular flexibility index (Phi) is 5.29. The Hall–Kier alpha value is -1.68. The molecule has 2 N–H and O–H groups in total. The fourth-order valence-corrected chi connectivity index (χ4v) is 2.99. The number of nitrogens with one attached hydrogen (secondary N) is 1. The highest BCUT2D eigenvalue weighted by molar-refractivity contribution is 7.89. The van der Waals surface area contributed by atoms with Crippen LogP contribution in [0.5, 0.6) is 0 Å². The predicted molar refractivity (Wildman–Crippen MR) is 65.9 cm³/mol. The number of aliphatic carboxylic acids is 1. The van der Waals surface area contributed by atoms with Crippen molar-refractivity contribution in [2.45, 2.75) is 36.9 Å². The number of carbonyl (C=O) groups is 1. The van der Waals surface area contributed by atoms with E-state index in [4.69, 9.17) is 5.11 Å². The van der Waals surface area contributed by atoms with Crippen LogP contribution >= 0.6 is 0 Å². The molecule has 1 aromatic rings. The maximum atomic E-state index is 12.8. The van der Waals surface area contributed by atoms with Crippen LogP contribution in [0.3, 0.4) is 0 Å². The molecule has 0 aromatic carbocycles. The minimum Gasteiger partial charge on any atom is -0.480 e. The fourth-order valence-electron chi connectivity index (χ4n) is 1.59. The summed E-state index contributed by atoms with van der Waals surface area (Å²) >= 11 is 0. The molecule has 0 radical (unpaired) electrons. The van der Waals surface area contributed by atoms with Gasteiger partial charge in [-0.3, -0.25) is 9.78 Å². The monoisotopic (exact) mass is 326 g/mol. The van der Waals surface area contributed by atoms with Crippen LogP contribution in [0.15, 0.2) is 23.2 Å². The molecule has 0 aliphatic heterocycles. The van der Waals surface area contributed by atoms with E-state index in [1.807, 2.05) is 0 Å². The molecule has 0 saturated heterocycles. The van der Waals surface area contributed by atoms with Gasteiger partial charge in [0, 0.05) is 6.20 Å². The predicted octanol–water partition coefficient (Wildman–Crippen LogP) is 1.63. The first kappa shape index (κ1) is 17.4. The van der Waals surface area contributed by atoms with Gasteiger partial charge in [0.1, 0.15) is 10.9 Å². The van der Waals surface area contributed by atoms with E-state index in [0.717, 1.165) is 18.3 Å². The summed E-state index contributed by atoms with van der Waals surface area (Å²) in [5.41, 5.74) is -1.59. The first-order valence-electron chi connectivity index (χ1n) is 5.87. The molecule has 6 nitrogen and oxygen atoms in total. The van der Waals surface area contributed by atoms with E-state index in [1.54, 1.807) is 11.6 Å². The molecule has 1 heterocycles. The summed E-state index contributed by atoms with van der Waals surface area (Å²) in [4.78, 5) is 12.8. The zero-order valence-electron chi connectivity index (χ0n) is 10.9. The van der Waals surface area contributed by atoms with Crippen LogP contribution in [0, 0.1) is 0 Å². The lowest BCUT2D eigenvalue weighted by molar-refractivity contribution is -0.143. The van der Waals surface area contributed by atoms with E-state index in [9.17, 15) is 26.4 Å². The summed E-state index contributed by atoms with van der Waals surface area (Å²) < 4.78 is 64.0. The number of carboxylic acids is 1. The van der Waals surface area contributed by atoms with Crippen molar-refractivity contribution in [3.8, 4) is 0 Å². The largest absolute Gasteiger partial charge is 0.480 e. The number of rotatable bonds is 6. The van der Waals surface area contributed by atoms with E-state index in [2.05, 4.69) is 4.98 Å². The molecule has 10 heteroatoms. The molecule has 1 aromatic heterocycles. The number of aromatic nitrogens is 1. The minimum absolute atomic E-state index is 0.0455. The summed E-state index contributed by atoms with van der Waals surface area (Å²) in [7, 11) is -4.65. The third-order valence-corrected chi connectivity index (χ3v) is 4.00. The lowest BCUT2D eigenvalue weighted by atomic mass is 10.2. The molecule has 1 atom stereocenters. The van der Waals surface area contributed by atoms with Crippen LogP contribution in [0.1, 0.15) is 25.5 Å². The number of sulfonamides is 1. The molecule has 0 aliphatic rings. The Morgan fingerprint density at radius 2 is 2.10 bits per heavy atom. The van der Waals surface area contributed by atoms with Crippen molar-refractivity contribution in [2.75, 3.05) is 0 Å². The van der Waals surface area contributed by atoms with Crippen molar-refractivity contribution in [1.29, 1.82) is 0 Å². The Balaban J connectivity index is 3.23. The third kappa shape index (κ3) is 4.39. The van der Waals surface area contributed by atoms with Gasteiger partial charge in [-0.05, 0) is 18.6 Å². The lowest BCUT2D eigenvalue weighted by Gasteiger charge is -2.16. The molecule has 1 unspecified atom stereocenters. The van der Waals surface area contributed by atoms with Crippen LogP contribution in [0.25, 0.3) is 0 Å². The van der Waals surface area contributed by atoms with E-state index in [-0.39, 0.29) is 6.42 Å². The van der Waals surface area contributed by atoms with Gasteiger partial charge in [0.2, 0.25) is 10.0 Å². The summed E-state index contributed by atoms with van der Waals surface area (Å²) in [6.45, 7) is 1.62. The maximum Gasteiger partial charge on any atom is 0.434 e. The average Bonchev–Trinajstić information content (AvgIpc) is 2.37. The molecule has 0 bridgehead atoms. The standard InChI is InChI=1S/C11H13F3N2O4S/c1-2-4-7(10(17)18)16-21(19,20)8-5-3-6-15-9(8)11(12,13)14/h3,5-7,16H,2,4H2,1H3,(H,17,18). The second-order valence-electron chi connectivity index (χ2n) is 4.15. The lowest BCUT2D eigenvalue weighted by Crippen LogP contribution is -2.41. The zero-order chi connectivity index (χ0) is 16.3. The fraction of sp³-hybridized carbons (Fsp3) is 0.455. The second kappa shape index (κ2) is 6.39. The van der Waals surface area contributed by atoms with Crippen LogP contribution < -0.4 is 4.72 Å². The molecule has 21 heavy (non-hydrogen) atoms. The Morgan fingerprint density at radius 1 is 1.48 bits per heavy atom. The van der Waals surface area contributed by atoms with Gasteiger partial charge in [-0.1, -0.05) is 13.3 Å². The number of carboxylic acid groups (broad SMARTS) is 1. The highest BCUT2D eigenvalue weighted by atomic mass is 32.2. The van der Waals surface area contributed by atoms with Gasteiger partial charge in [0.15, 0.2) is 5.69 Å². The molecule has 118 valence electrons. The van der Waals surface area contributed by atoms with Gasteiger partial charge in [-0.2, -0.15) is 17.9 Å². The SMILES string of the molecule is CCCC(NS(=O)(=O)c1cccnc1C(F)(F)F)C(=O)O. The van der Waals surface area contributed by atoms with Crippen molar-refractivity contribution in [3.05, 3.63) is 24.0 Å². The first-order chi connectivity index (χ1) is 9.59. The van der Waals surface area contributed by atoms with Gasteiger partial charge in [-0.15, -0.1) is 0 Å². The van der Waals surface area contributed by atoms with Crippen molar-refractivity contribution < 1.29 is 31.5 Å². The first-order valence-corrected chi connectivity index (χ1v) is 7.35. The van der Waals surface area contributed by atoms with E-state index >= 15 is 0 Å². The van der Waals surface area contributed by atoms with Crippen LogP contribution in [-0.4, -0.2) is 30.5 Å². The zero-order valence-corrected chi connectivity index (χ0v) is 11.7. The van der Waals surface area contributed by atoms with Crippen LogP contribution in [-0.2, 0) is 21.0 Å². The van der Waals surface area contributed by atoms with Crippen molar-refractivity contribution in [3.63, 3.8) is 0 Å². The van der Waals surface area contributed by atoms with Gasteiger partial charge in [-0.25, -0.2) is 8.42 Å². The number of nitrogens with zero attached hydrogens (tertiary/aromatic N) is 1. The number of pyridine rings is 1. The topological polar surface area (TPSA) is 96.4 Å². The molecule has 0 fully saturated rings. The van der Waals surface area contributed by atoms with Gasteiger partial charge < -0.3 is 5.11 Å². The van der Waals surface area contributed by atoms with E-state index < -0.39 is 38.8 Å². The molecule has 0 saturated carbocycles. The smallest absolute Gasteiger partial charge is 0.434 e. The third-order valence-electron chi connectivity index (χ3n) is 2.50. The summed E-state index contributed by atoms with van der Waals surface area (Å²) in [5.74, 6) is -1.46. The molecular formula is C11H13F3N2O4S. The Morgan fingerprint density at radius 3 is 2.57 bits per heavy atom. The van der Waals surface area contributed by atoms with Crippen molar-refractivity contribution >= 4 is 16.0 Å². The quantitative estimate of drug-likeness (QED) is 0.828. The van der Waals surface area contributed by atoms with E-state index in [1.165, 1.54) is 0 Å². The number of hydrogen-bond donors (Lipinski definition) is 2. The van der Waals surface area contributed by atoms with Gasteiger partial charge >= 0.3 is 12.1 Å². The Labute approximate surface area is 119 Å². The molecule has 1 rings (SSSR count). The van der Waals surface area contributed by atoms with Gasteiger partial charge in [0.05, 0.1) is 0 Å². The normalized spacial score (nSPS) is 13.9. The van der Waals surface area contributed by atoms with Crippen molar-refractivity contribution in [2.24, 2.45) is 0 Å². The summed E-state index contributed by atoms with van der Waals surface area (Å²) in [5, 5.41) is 8.88. The number of alkyl halides is 3.